The molecule has 168 valence electrons. The first kappa shape index (κ1) is 23.2. The molecule has 0 unspecified atom stereocenters. The van der Waals surface area contributed by atoms with E-state index in [-0.39, 0.29) is 11.8 Å². The van der Waals surface area contributed by atoms with E-state index >= 15 is 0 Å². The third-order valence-corrected chi connectivity index (χ3v) is 6.39. The number of carbonyl (C=O) groups is 2. The van der Waals surface area contributed by atoms with Gasteiger partial charge in [0, 0.05) is 44.6 Å². The number of aryl methyl sites for hydroxylation is 1. The van der Waals surface area contributed by atoms with Crippen LogP contribution in [0.25, 0.3) is 0 Å². The van der Waals surface area contributed by atoms with Crippen LogP contribution in [0.3, 0.4) is 0 Å². The summed E-state index contributed by atoms with van der Waals surface area (Å²) < 4.78 is 5.77. The highest BCUT2D eigenvalue weighted by Gasteiger charge is 2.24. The van der Waals surface area contributed by atoms with Gasteiger partial charge in [-0.3, -0.25) is 14.5 Å². The molecule has 2 heterocycles. The van der Waals surface area contributed by atoms with Crippen LogP contribution >= 0.6 is 11.3 Å². The molecule has 0 saturated carbocycles. The second-order valence-corrected chi connectivity index (χ2v) is 8.68. The standard InChI is InChI=1S/C23H32N4O3S/c1-4-26(5-2)23(29)15-25-10-12-27(13-11-25)22(28)14-19-17-31-21(24-19)16-30-20-8-6-18(3)7-9-20/h6-9,17H,4-5,10-16H2,1-3H3. The smallest absolute Gasteiger partial charge is 0.236 e. The Kier molecular flexibility index (Phi) is 8.43. The number of piperazine rings is 1. The van der Waals surface area contributed by atoms with Crippen LogP contribution in [0.5, 0.6) is 5.75 Å². The normalized spacial score (nSPS) is 14.5. The van der Waals surface area contributed by atoms with Gasteiger partial charge in [0.1, 0.15) is 17.4 Å². The monoisotopic (exact) mass is 444 g/mol. The molecule has 0 aliphatic carbocycles. The minimum atomic E-state index is 0.0889. The minimum absolute atomic E-state index is 0.0889. The lowest BCUT2D eigenvalue weighted by molar-refractivity contribution is -0.134. The molecule has 1 aliphatic heterocycles. The van der Waals surface area contributed by atoms with E-state index in [4.69, 9.17) is 4.74 Å². The van der Waals surface area contributed by atoms with Gasteiger partial charge in [-0.2, -0.15) is 0 Å². The van der Waals surface area contributed by atoms with Gasteiger partial charge in [-0.25, -0.2) is 4.98 Å². The highest BCUT2D eigenvalue weighted by molar-refractivity contribution is 7.09. The molecule has 0 spiro atoms. The summed E-state index contributed by atoms with van der Waals surface area (Å²) in [6, 6.07) is 7.92. The number of thiazole rings is 1. The number of hydrogen-bond acceptors (Lipinski definition) is 6. The van der Waals surface area contributed by atoms with Gasteiger partial charge in [0.15, 0.2) is 0 Å². The molecule has 0 N–H and O–H groups in total. The molecule has 1 aromatic carbocycles. The van der Waals surface area contributed by atoms with Crippen molar-refractivity contribution in [2.75, 3.05) is 45.8 Å². The largest absolute Gasteiger partial charge is 0.486 e. The molecule has 1 fully saturated rings. The van der Waals surface area contributed by atoms with Gasteiger partial charge in [-0.15, -0.1) is 11.3 Å². The number of likely N-dealkylation sites (N-methyl/N-ethyl adjacent to an activating group) is 1. The maximum absolute atomic E-state index is 12.7. The topological polar surface area (TPSA) is 66.0 Å². The molecule has 2 amide bonds. The second kappa shape index (κ2) is 11.2. The van der Waals surface area contributed by atoms with Crippen molar-refractivity contribution in [1.29, 1.82) is 0 Å². The van der Waals surface area contributed by atoms with E-state index in [1.165, 1.54) is 16.9 Å². The quantitative estimate of drug-likeness (QED) is 0.595. The number of benzene rings is 1. The summed E-state index contributed by atoms with van der Waals surface area (Å²) in [7, 11) is 0. The van der Waals surface area contributed by atoms with E-state index in [2.05, 4.69) is 9.88 Å². The Morgan fingerprint density at radius 3 is 2.42 bits per heavy atom. The van der Waals surface area contributed by atoms with Crippen LogP contribution in [0.15, 0.2) is 29.6 Å². The number of aromatic nitrogens is 1. The fourth-order valence-electron chi connectivity index (χ4n) is 3.57. The van der Waals surface area contributed by atoms with Crippen LogP contribution in [0.4, 0.5) is 0 Å². The number of amides is 2. The summed E-state index contributed by atoms with van der Waals surface area (Å²) in [6.07, 6.45) is 0.305. The Balaban J connectivity index is 1.42. The van der Waals surface area contributed by atoms with Crippen molar-refractivity contribution in [2.45, 2.75) is 33.8 Å². The molecule has 3 rings (SSSR count). The van der Waals surface area contributed by atoms with Gasteiger partial charge in [-0.05, 0) is 32.9 Å². The highest BCUT2D eigenvalue weighted by atomic mass is 32.1. The third-order valence-electron chi connectivity index (χ3n) is 5.51. The lowest BCUT2D eigenvalue weighted by Crippen LogP contribution is -2.51. The first-order valence-corrected chi connectivity index (χ1v) is 11.8. The van der Waals surface area contributed by atoms with Crippen LogP contribution in [0.1, 0.15) is 30.1 Å². The lowest BCUT2D eigenvalue weighted by atomic mass is 10.2. The molecule has 1 saturated heterocycles. The van der Waals surface area contributed by atoms with Crippen molar-refractivity contribution in [1.82, 2.24) is 19.7 Å². The van der Waals surface area contributed by atoms with Crippen LogP contribution in [-0.4, -0.2) is 77.3 Å². The molecule has 0 atom stereocenters. The fraction of sp³-hybridized carbons (Fsp3) is 0.522. The van der Waals surface area contributed by atoms with E-state index in [0.29, 0.717) is 32.7 Å². The summed E-state index contributed by atoms with van der Waals surface area (Å²) in [5.41, 5.74) is 1.98. The molecule has 31 heavy (non-hydrogen) atoms. The van der Waals surface area contributed by atoms with Crippen molar-refractivity contribution in [3.8, 4) is 5.75 Å². The van der Waals surface area contributed by atoms with E-state index < -0.39 is 0 Å². The maximum Gasteiger partial charge on any atom is 0.236 e. The van der Waals surface area contributed by atoms with Crippen LogP contribution in [0.2, 0.25) is 0 Å². The SMILES string of the molecule is CCN(CC)C(=O)CN1CCN(C(=O)Cc2csc(COc3ccc(C)cc3)n2)CC1. The zero-order valence-corrected chi connectivity index (χ0v) is 19.5. The van der Waals surface area contributed by atoms with Crippen molar-refractivity contribution < 1.29 is 14.3 Å². The molecule has 1 aliphatic rings. The van der Waals surface area contributed by atoms with Gasteiger partial charge in [0.25, 0.3) is 0 Å². The summed E-state index contributed by atoms with van der Waals surface area (Å²) in [6.45, 7) is 11.1. The van der Waals surface area contributed by atoms with E-state index in [0.717, 1.165) is 42.6 Å². The van der Waals surface area contributed by atoms with Crippen LogP contribution in [0, 0.1) is 6.92 Å². The Morgan fingerprint density at radius 2 is 1.77 bits per heavy atom. The molecular weight excluding hydrogens is 412 g/mol. The highest BCUT2D eigenvalue weighted by Crippen LogP contribution is 2.17. The molecule has 2 aromatic rings. The average molecular weight is 445 g/mol. The molecule has 1 aromatic heterocycles. The van der Waals surface area contributed by atoms with E-state index in [1.54, 1.807) is 0 Å². The summed E-state index contributed by atoms with van der Waals surface area (Å²) in [4.78, 5) is 35.4. The van der Waals surface area contributed by atoms with Crippen molar-refractivity contribution in [3.63, 3.8) is 0 Å². The van der Waals surface area contributed by atoms with Crippen molar-refractivity contribution in [3.05, 3.63) is 45.9 Å². The first-order valence-electron chi connectivity index (χ1n) is 10.9. The van der Waals surface area contributed by atoms with Crippen LogP contribution in [-0.2, 0) is 22.6 Å². The Labute approximate surface area is 188 Å². The molecule has 0 radical (unpaired) electrons. The molecule has 7 nitrogen and oxygen atoms in total. The van der Waals surface area contributed by atoms with E-state index in [9.17, 15) is 9.59 Å². The summed E-state index contributed by atoms with van der Waals surface area (Å²) in [5.74, 6) is 1.06. The van der Waals surface area contributed by atoms with Gasteiger partial charge in [0.2, 0.25) is 11.8 Å². The second-order valence-electron chi connectivity index (χ2n) is 7.73. The molecule has 0 bridgehead atoms. The van der Waals surface area contributed by atoms with E-state index in [1.807, 2.05) is 60.2 Å². The van der Waals surface area contributed by atoms with Gasteiger partial charge < -0.3 is 14.5 Å². The average Bonchev–Trinajstić information content (AvgIpc) is 3.22. The van der Waals surface area contributed by atoms with Gasteiger partial charge in [0.05, 0.1) is 18.7 Å². The zero-order chi connectivity index (χ0) is 22.2. The predicted octanol–water partition coefficient (Wildman–Crippen LogP) is 2.59. The van der Waals surface area contributed by atoms with Crippen LogP contribution < -0.4 is 4.74 Å². The molecular formula is C23H32N4O3S. The summed E-state index contributed by atoms with van der Waals surface area (Å²) in [5, 5.41) is 2.80. The Morgan fingerprint density at radius 1 is 1.10 bits per heavy atom. The zero-order valence-electron chi connectivity index (χ0n) is 18.7. The third kappa shape index (κ3) is 6.77. The number of ether oxygens (including phenoxy) is 1. The number of rotatable bonds is 9. The lowest BCUT2D eigenvalue weighted by Gasteiger charge is -2.35. The van der Waals surface area contributed by atoms with Crippen molar-refractivity contribution >= 4 is 23.2 Å². The van der Waals surface area contributed by atoms with Gasteiger partial charge >= 0.3 is 0 Å². The minimum Gasteiger partial charge on any atom is -0.486 e. The Bertz CT molecular complexity index is 856. The number of hydrogen-bond donors (Lipinski definition) is 0. The number of nitrogens with zero attached hydrogens (tertiary/aromatic N) is 4. The summed E-state index contributed by atoms with van der Waals surface area (Å²) >= 11 is 1.52. The molecule has 8 heteroatoms. The van der Waals surface area contributed by atoms with Gasteiger partial charge in [-0.1, -0.05) is 17.7 Å². The van der Waals surface area contributed by atoms with Crippen molar-refractivity contribution in [2.24, 2.45) is 0 Å². The fourth-order valence-corrected chi connectivity index (χ4v) is 4.27. The maximum atomic E-state index is 12.7. The number of carbonyl (C=O) groups excluding carboxylic acids is 2. The first-order chi connectivity index (χ1) is 15.0. The Hall–Kier alpha value is -2.45. The predicted molar refractivity (Wildman–Crippen MR) is 122 cm³/mol.